The normalized spacial score (nSPS) is 15.5. The van der Waals surface area contributed by atoms with Crippen LogP contribution in [0.25, 0.3) is 0 Å². The van der Waals surface area contributed by atoms with Crippen LogP contribution in [0.2, 0.25) is 0 Å². The average molecular weight is 188 g/mol. The Morgan fingerprint density at radius 3 is 1.64 bits per heavy atom. The van der Waals surface area contributed by atoms with E-state index < -0.39 is 0 Å². The monoisotopic (exact) mass is 188 g/mol. The minimum Gasteiger partial charge on any atom is -0.103 e. The number of hydrogen-bond acceptors (Lipinski definition) is 0. The van der Waals surface area contributed by atoms with Gasteiger partial charge >= 0.3 is 0 Å². The largest absolute Gasteiger partial charge is 0.103 e. The first-order valence-corrected chi connectivity index (χ1v) is 8.11. The average Bonchev–Trinajstić information content (AvgIpc) is 1.87. The molecule has 0 heterocycles. The maximum absolute atomic E-state index is 3.76. The third-order valence-electron chi connectivity index (χ3n) is 1.36. The summed E-state index contributed by atoms with van der Waals surface area (Å²) in [7, 11) is 0.463. The van der Waals surface area contributed by atoms with E-state index in [1.807, 2.05) is 12.2 Å². The lowest BCUT2D eigenvalue weighted by Gasteiger charge is -2.15. The van der Waals surface area contributed by atoms with Gasteiger partial charge in [-0.05, 0) is 31.6 Å². The van der Waals surface area contributed by atoms with E-state index in [2.05, 4.69) is 26.5 Å². The van der Waals surface area contributed by atoms with Gasteiger partial charge < -0.3 is 0 Å². The van der Waals surface area contributed by atoms with Gasteiger partial charge in [0, 0.05) is 0 Å². The summed E-state index contributed by atoms with van der Waals surface area (Å²) in [5, 5.41) is 0. The molecule has 2 heteroatoms. The van der Waals surface area contributed by atoms with Gasteiger partial charge in [0.1, 0.15) is 0 Å². The Hall–Kier alpha value is 0.340. The Bertz CT molecular complexity index is 107. The number of rotatable bonds is 6. The van der Waals surface area contributed by atoms with Crippen molar-refractivity contribution in [1.82, 2.24) is 0 Å². The maximum Gasteiger partial charge on any atom is -0.0120 e. The summed E-state index contributed by atoms with van der Waals surface area (Å²) in [6, 6.07) is 0. The molecule has 0 aliphatic carbocycles. The molecular weight excluding hydrogens is 170 g/mol. The van der Waals surface area contributed by atoms with Crippen LogP contribution in [-0.2, 0) is 0 Å². The summed E-state index contributed by atoms with van der Waals surface area (Å²) in [5.74, 6) is 1.42. The van der Waals surface area contributed by atoms with Crippen molar-refractivity contribution in [3.05, 3.63) is 25.3 Å². The van der Waals surface area contributed by atoms with Crippen molar-refractivity contribution in [1.29, 1.82) is 0 Å². The second-order valence-corrected chi connectivity index (χ2v) is 8.08. The zero-order valence-corrected chi connectivity index (χ0v) is 9.37. The lowest BCUT2D eigenvalue weighted by atomic mass is 10.8. The summed E-state index contributed by atoms with van der Waals surface area (Å²) < 4.78 is 0. The van der Waals surface area contributed by atoms with E-state index in [0.29, 0.717) is 0 Å². The molecule has 0 aliphatic heterocycles. The highest BCUT2D eigenvalue weighted by atomic mass is 31.2. The topological polar surface area (TPSA) is 0 Å². The third kappa shape index (κ3) is 6.73. The summed E-state index contributed by atoms with van der Waals surface area (Å²) in [6.45, 7) is 12.2. The van der Waals surface area contributed by atoms with E-state index in [1.165, 1.54) is 18.2 Å². The van der Waals surface area contributed by atoms with Crippen molar-refractivity contribution in [2.45, 2.75) is 0 Å². The standard InChI is InChI=1S/C9H18P2/c1-5-7-10(3)9-11(4)8-6-2/h5-6H,1-2,7-9H2,3-4H3. The number of hydrogen-bond donors (Lipinski definition) is 0. The van der Waals surface area contributed by atoms with Crippen LogP contribution >= 0.6 is 15.8 Å². The van der Waals surface area contributed by atoms with Crippen LogP contribution in [-0.4, -0.2) is 31.6 Å². The molecule has 0 saturated heterocycles. The van der Waals surface area contributed by atoms with E-state index >= 15 is 0 Å². The molecule has 0 spiro atoms. The molecule has 64 valence electrons. The van der Waals surface area contributed by atoms with E-state index in [9.17, 15) is 0 Å². The summed E-state index contributed by atoms with van der Waals surface area (Å²) in [6.07, 6.45) is 6.53. The molecule has 0 bridgehead atoms. The Balaban J connectivity index is 3.46. The highest BCUT2D eigenvalue weighted by molar-refractivity contribution is 7.74. The van der Waals surface area contributed by atoms with Crippen molar-refractivity contribution >= 4 is 15.8 Å². The predicted octanol–water partition coefficient (Wildman–Crippen LogP) is 3.54. The van der Waals surface area contributed by atoms with Crippen LogP contribution in [0.3, 0.4) is 0 Å². The van der Waals surface area contributed by atoms with E-state index in [-0.39, 0.29) is 15.8 Å². The van der Waals surface area contributed by atoms with Crippen LogP contribution in [0, 0.1) is 0 Å². The van der Waals surface area contributed by atoms with Crippen LogP contribution in [0.4, 0.5) is 0 Å². The summed E-state index contributed by atoms with van der Waals surface area (Å²) in [4.78, 5) is 0. The third-order valence-corrected chi connectivity index (χ3v) is 6.99. The van der Waals surface area contributed by atoms with E-state index in [0.717, 1.165) is 0 Å². The first kappa shape index (κ1) is 11.3. The van der Waals surface area contributed by atoms with Crippen molar-refractivity contribution in [3.8, 4) is 0 Å². The zero-order chi connectivity index (χ0) is 8.69. The Labute approximate surface area is 73.3 Å². The second-order valence-electron chi connectivity index (χ2n) is 2.80. The molecule has 0 aromatic rings. The molecule has 11 heavy (non-hydrogen) atoms. The number of allylic oxidation sites excluding steroid dienone is 2. The molecule has 0 radical (unpaired) electrons. The van der Waals surface area contributed by atoms with Crippen LogP contribution in [0.1, 0.15) is 0 Å². The molecule has 0 aliphatic rings. The highest BCUT2D eigenvalue weighted by Crippen LogP contribution is 2.46. The SMILES string of the molecule is C=CCP(C)CP(C)CC=C. The van der Waals surface area contributed by atoms with Crippen LogP contribution < -0.4 is 0 Å². The molecule has 2 atom stereocenters. The van der Waals surface area contributed by atoms with Gasteiger partial charge in [-0.3, -0.25) is 0 Å². The molecule has 0 fully saturated rings. The Morgan fingerprint density at radius 2 is 1.36 bits per heavy atom. The van der Waals surface area contributed by atoms with Gasteiger partial charge in [0.2, 0.25) is 0 Å². The predicted molar refractivity (Wildman–Crippen MR) is 60.7 cm³/mol. The smallest absolute Gasteiger partial charge is 0.0120 e. The fourth-order valence-electron chi connectivity index (χ4n) is 0.968. The fourth-order valence-corrected chi connectivity index (χ4v) is 6.07. The quantitative estimate of drug-likeness (QED) is 0.441. The van der Waals surface area contributed by atoms with Crippen molar-refractivity contribution in [2.24, 2.45) is 0 Å². The highest BCUT2D eigenvalue weighted by Gasteiger charge is 2.03. The maximum atomic E-state index is 3.76. The van der Waals surface area contributed by atoms with E-state index in [1.54, 1.807) is 0 Å². The minimum atomic E-state index is 0.231. The van der Waals surface area contributed by atoms with Gasteiger partial charge in [-0.1, -0.05) is 12.2 Å². The Kier molecular flexibility index (Phi) is 7.23. The van der Waals surface area contributed by atoms with Crippen molar-refractivity contribution < 1.29 is 0 Å². The first-order chi connectivity index (χ1) is 5.20. The van der Waals surface area contributed by atoms with Gasteiger partial charge in [-0.25, -0.2) is 0 Å². The van der Waals surface area contributed by atoms with Crippen molar-refractivity contribution in [3.63, 3.8) is 0 Å². The molecule has 0 rings (SSSR count). The Morgan fingerprint density at radius 1 is 1.00 bits per heavy atom. The molecule has 0 amide bonds. The lowest BCUT2D eigenvalue weighted by molar-refractivity contribution is 1.69. The molecule has 0 aromatic carbocycles. The lowest BCUT2D eigenvalue weighted by Crippen LogP contribution is -1.86. The van der Waals surface area contributed by atoms with Crippen molar-refractivity contribution in [2.75, 3.05) is 31.6 Å². The molecule has 0 saturated carbocycles. The second kappa shape index (κ2) is 7.01. The van der Waals surface area contributed by atoms with Gasteiger partial charge in [-0.2, -0.15) is 0 Å². The van der Waals surface area contributed by atoms with Gasteiger partial charge in [0.25, 0.3) is 0 Å². The summed E-state index contributed by atoms with van der Waals surface area (Å²) in [5.41, 5.74) is 0. The van der Waals surface area contributed by atoms with Crippen LogP contribution in [0.5, 0.6) is 0 Å². The van der Waals surface area contributed by atoms with Crippen LogP contribution in [0.15, 0.2) is 25.3 Å². The first-order valence-electron chi connectivity index (χ1n) is 3.79. The molecule has 0 aromatic heterocycles. The molecule has 0 nitrogen and oxygen atoms in total. The molecule has 0 N–H and O–H groups in total. The molecule has 2 unspecified atom stereocenters. The minimum absolute atomic E-state index is 0.231. The fraction of sp³-hybridized carbons (Fsp3) is 0.556. The summed E-state index contributed by atoms with van der Waals surface area (Å²) >= 11 is 0. The van der Waals surface area contributed by atoms with Gasteiger partial charge in [0.15, 0.2) is 0 Å². The van der Waals surface area contributed by atoms with Gasteiger partial charge in [-0.15, -0.1) is 29.0 Å². The zero-order valence-electron chi connectivity index (χ0n) is 7.58. The van der Waals surface area contributed by atoms with E-state index in [4.69, 9.17) is 0 Å². The van der Waals surface area contributed by atoms with Gasteiger partial charge in [0.05, 0.1) is 0 Å². The molecular formula is C9H18P2.